The van der Waals surface area contributed by atoms with E-state index in [-0.39, 0.29) is 11.9 Å². The minimum absolute atomic E-state index is 0.0229. The summed E-state index contributed by atoms with van der Waals surface area (Å²) in [6.45, 7) is 7.10. The molecule has 0 saturated carbocycles. The van der Waals surface area contributed by atoms with Crippen LogP contribution in [0.5, 0.6) is 5.75 Å². The van der Waals surface area contributed by atoms with Gasteiger partial charge in [-0.05, 0) is 48.6 Å². The molecule has 3 heteroatoms. The van der Waals surface area contributed by atoms with Crippen molar-refractivity contribution in [3.05, 3.63) is 65.7 Å². The number of carbonyl (C=O) groups excluding carboxylic acids is 1. The molecule has 0 saturated heterocycles. The van der Waals surface area contributed by atoms with Gasteiger partial charge in [0, 0.05) is 5.56 Å². The Bertz CT molecular complexity index is 620. The first-order valence-electron chi connectivity index (χ1n) is 8.68. The van der Waals surface area contributed by atoms with Crippen molar-refractivity contribution in [1.82, 2.24) is 5.32 Å². The molecule has 0 unspecified atom stereocenters. The summed E-state index contributed by atoms with van der Waals surface area (Å²) in [5.41, 5.74) is 1.80. The molecule has 128 valence electrons. The monoisotopic (exact) mass is 325 g/mol. The number of hydrogen-bond donors (Lipinski definition) is 1. The van der Waals surface area contributed by atoms with Gasteiger partial charge in [0.1, 0.15) is 5.75 Å². The smallest absolute Gasteiger partial charge is 0.251 e. The lowest BCUT2D eigenvalue weighted by Gasteiger charge is -2.21. The Labute approximate surface area is 145 Å². The Morgan fingerprint density at radius 1 is 1.04 bits per heavy atom. The van der Waals surface area contributed by atoms with Crippen molar-refractivity contribution in [3.8, 4) is 5.75 Å². The lowest BCUT2D eigenvalue weighted by atomic mass is 9.96. The Kier molecular flexibility index (Phi) is 6.86. The normalized spacial score (nSPS) is 12.0. The maximum atomic E-state index is 12.6. The molecule has 3 nitrogen and oxygen atoms in total. The fraction of sp³-hybridized carbons (Fsp3) is 0.381. The Morgan fingerprint density at radius 3 is 2.29 bits per heavy atom. The molecule has 24 heavy (non-hydrogen) atoms. The first-order valence-corrected chi connectivity index (χ1v) is 8.68. The van der Waals surface area contributed by atoms with Crippen LogP contribution in [0.2, 0.25) is 0 Å². The second kappa shape index (κ2) is 9.11. The van der Waals surface area contributed by atoms with Gasteiger partial charge in [-0.25, -0.2) is 0 Å². The molecule has 1 N–H and O–H groups in total. The summed E-state index contributed by atoms with van der Waals surface area (Å²) in [5, 5.41) is 3.16. The van der Waals surface area contributed by atoms with Gasteiger partial charge in [0.05, 0.1) is 12.6 Å². The van der Waals surface area contributed by atoms with E-state index in [1.807, 2.05) is 42.5 Å². The Morgan fingerprint density at radius 2 is 1.71 bits per heavy atom. The lowest BCUT2D eigenvalue weighted by molar-refractivity contribution is 0.0932. The third-order valence-corrected chi connectivity index (χ3v) is 3.80. The number of hydrogen-bond acceptors (Lipinski definition) is 2. The highest BCUT2D eigenvalue weighted by Crippen LogP contribution is 2.22. The van der Waals surface area contributed by atoms with Crippen LogP contribution in [0.1, 0.15) is 55.6 Å². The van der Waals surface area contributed by atoms with Gasteiger partial charge in [0.25, 0.3) is 5.91 Å². The minimum Gasteiger partial charge on any atom is -0.494 e. The number of benzene rings is 2. The molecular formula is C21H27NO2. The molecule has 0 bridgehead atoms. The number of ether oxygens (including phenoxy) is 1. The van der Waals surface area contributed by atoms with Crippen LogP contribution in [0, 0.1) is 5.92 Å². The predicted octanol–water partition coefficient (Wildman–Crippen LogP) is 4.99. The van der Waals surface area contributed by atoms with Gasteiger partial charge in [-0.3, -0.25) is 4.79 Å². The maximum Gasteiger partial charge on any atom is 0.251 e. The summed E-state index contributed by atoms with van der Waals surface area (Å²) >= 11 is 0. The zero-order chi connectivity index (χ0) is 17.4. The molecule has 0 aliphatic carbocycles. The van der Waals surface area contributed by atoms with Crippen molar-refractivity contribution < 1.29 is 9.53 Å². The lowest BCUT2D eigenvalue weighted by Crippen LogP contribution is -2.29. The quantitative estimate of drug-likeness (QED) is 0.742. The van der Waals surface area contributed by atoms with E-state index >= 15 is 0 Å². The largest absolute Gasteiger partial charge is 0.494 e. The molecule has 2 aromatic rings. The standard InChI is InChI=1S/C21H27NO2/c1-4-14-24-19-12-10-18(11-13-19)21(23)22-20(15-16(2)3)17-8-6-5-7-9-17/h5-13,16,20H,4,14-15H2,1-3H3,(H,22,23)/t20-/m1/s1. The fourth-order valence-corrected chi connectivity index (χ4v) is 2.60. The highest BCUT2D eigenvalue weighted by molar-refractivity contribution is 5.94. The summed E-state index contributed by atoms with van der Waals surface area (Å²) < 4.78 is 5.56. The van der Waals surface area contributed by atoms with Crippen molar-refractivity contribution in [2.24, 2.45) is 5.92 Å². The molecule has 0 fully saturated rings. The summed E-state index contributed by atoms with van der Waals surface area (Å²) in [7, 11) is 0. The average molecular weight is 325 g/mol. The molecule has 0 aliphatic rings. The van der Waals surface area contributed by atoms with E-state index in [0.717, 1.165) is 24.2 Å². The second-order valence-electron chi connectivity index (χ2n) is 6.44. The third kappa shape index (κ3) is 5.41. The summed E-state index contributed by atoms with van der Waals surface area (Å²) in [6.07, 6.45) is 1.88. The van der Waals surface area contributed by atoms with Crippen LogP contribution in [-0.4, -0.2) is 12.5 Å². The van der Waals surface area contributed by atoms with Crippen molar-refractivity contribution in [3.63, 3.8) is 0 Å². The second-order valence-corrected chi connectivity index (χ2v) is 6.44. The topological polar surface area (TPSA) is 38.3 Å². The number of rotatable bonds is 8. The molecule has 2 rings (SSSR count). The molecule has 2 aromatic carbocycles. The fourth-order valence-electron chi connectivity index (χ4n) is 2.60. The van der Waals surface area contributed by atoms with Gasteiger partial charge in [-0.15, -0.1) is 0 Å². The number of nitrogens with one attached hydrogen (secondary N) is 1. The average Bonchev–Trinajstić information content (AvgIpc) is 2.60. The van der Waals surface area contributed by atoms with Crippen LogP contribution in [-0.2, 0) is 0 Å². The van der Waals surface area contributed by atoms with E-state index in [9.17, 15) is 4.79 Å². The summed E-state index contributed by atoms with van der Waals surface area (Å²) in [6, 6.07) is 17.5. The number of carbonyl (C=O) groups is 1. The first kappa shape index (κ1) is 18.1. The van der Waals surface area contributed by atoms with Gasteiger partial charge in [-0.1, -0.05) is 51.1 Å². The van der Waals surface area contributed by atoms with Crippen LogP contribution < -0.4 is 10.1 Å². The van der Waals surface area contributed by atoms with E-state index in [4.69, 9.17) is 4.74 Å². The maximum absolute atomic E-state index is 12.6. The predicted molar refractivity (Wildman–Crippen MR) is 98.3 cm³/mol. The van der Waals surface area contributed by atoms with Crippen molar-refractivity contribution in [1.29, 1.82) is 0 Å². The Hall–Kier alpha value is -2.29. The molecule has 0 aliphatic heterocycles. The van der Waals surface area contributed by atoms with E-state index in [0.29, 0.717) is 18.1 Å². The van der Waals surface area contributed by atoms with E-state index < -0.39 is 0 Å². The van der Waals surface area contributed by atoms with Crippen LogP contribution in [0.15, 0.2) is 54.6 Å². The van der Waals surface area contributed by atoms with Gasteiger partial charge in [0.15, 0.2) is 0 Å². The van der Waals surface area contributed by atoms with Gasteiger partial charge < -0.3 is 10.1 Å². The van der Waals surface area contributed by atoms with Crippen molar-refractivity contribution in [2.45, 2.75) is 39.7 Å². The zero-order valence-corrected chi connectivity index (χ0v) is 14.8. The van der Waals surface area contributed by atoms with Gasteiger partial charge in [0.2, 0.25) is 0 Å². The molecule has 1 amide bonds. The molecule has 1 atom stereocenters. The molecular weight excluding hydrogens is 298 g/mol. The van der Waals surface area contributed by atoms with Crippen LogP contribution in [0.3, 0.4) is 0 Å². The van der Waals surface area contributed by atoms with Gasteiger partial charge >= 0.3 is 0 Å². The highest BCUT2D eigenvalue weighted by Gasteiger charge is 2.17. The molecule has 0 radical (unpaired) electrons. The van der Waals surface area contributed by atoms with Crippen molar-refractivity contribution in [2.75, 3.05) is 6.61 Å². The van der Waals surface area contributed by atoms with E-state index in [2.05, 4.69) is 38.2 Å². The van der Waals surface area contributed by atoms with Crippen LogP contribution in [0.4, 0.5) is 0 Å². The van der Waals surface area contributed by atoms with E-state index in [1.54, 1.807) is 0 Å². The SMILES string of the molecule is CCCOc1ccc(C(=O)N[C@H](CC(C)C)c2ccccc2)cc1. The zero-order valence-electron chi connectivity index (χ0n) is 14.8. The highest BCUT2D eigenvalue weighted by atomic mass is 16.5. The Balaban J connectivity index is 2.07. The molecule has 0 aromatic heterocycles. The molecule has 0 spiro atoms. The van der Waals surface area contributed by atoms with Gasteiger partial charge in [-0.2, -0.15) is 0 Å². The summed E-state index contributed by atoms with van der Waals surface area (Å²) in [5.74, 6) is 1.25. The van der Waals surface area contributed by atoms with Crippen molar-refractivity contribution >= 4 is 5.91 Å². The minimum atomic E-state index is -0.0495. The van der Waals surface area contributed by atoms with Crippen LogP contribution >= 0.6 is 0 Å². The third-order valence-electron chi connectivity index (χ3n) is 3.80. The first-order chi connectivity index (χ1) is 11.6. The number of amides is 1. The molecule has 0 heterocycles. The van der Waals surface area contributed by atoms with E-state index in [1.165, 1.54) is 0 Å². The summed E-state index contributed by atoms with van der Waals surface area (Å²) in [4.78, 5) is 12.6. The van der Waals surface area contributed by atoms with Crippen LogP contribution in [0.25, 0.3) is 0 Å².